The molecule has 0 atom stereocenters. The number of nitrogens with zero attached hydrogens (tertiary/aromatic N) is 2. The lowest BCUT2D eigenvalue weighted by Gasteiger charge is -2.02. The highest BCUT2D eigenvalue weighted by molar-refractivity contribution is 9.10. The number of carbonyl (C=O) groups excluding carboxylic acids is 1. The van der Waals surface area contributed by atoms with Gasteiger partial charge in [0.25, 0.3) is 0 Å². The molecule has 0 bridgehead atoms. The molecule has 21 heavy (non-hydrogen) atoms. The lowest BCUT2D eigenvalue weighted by molar-refractivity contribution is 0.103. The number of anilines is 1. The van der Waals surface area contributed by atoms with Crippen molar-refractivity contribution in [1.82, 2.24) is 9.78 Å². The molecule has 1 heterocycles. The Labute approximate surface area is 130 Å². The Balaban J connectivity index is 1.92. The van der Waals surface area contributed by atoms with E-state index in [-0.39, 0.29) is 5.78 Å². The molecule has 0 fully saturated rings. The van der Waals surface area contributed by atoms with Crippen LogP contribution >= 0.6 is 15.9 Å². The quantitative estimate of drug-likeness (QED) is 0.586. The number of hydrogen-bond donors (Lipinski definition) is 1. The first kappa shape index (κ1) is 13.6. The summed E-state index contributed by atoms with van der Waals surface area (Å²) in [5, 5.41) is 4.23. The highest BCUT2D eigenvalue weighted by Gasteiger charge is 2.13. The smallest absolute Gasteiger partial charge is 0.196 e. The predicted octanol–water partition coefficient (Wildman–Crippen LogP) is 3.45. The van der Waals surface area contributed by atoms with Crippen molar-refractivity contribution in [1.29, 1.82) is 0 Å². The second-order valence-corrected chi connectivity index (χ2v) is 5.43. The van der Waals surface area contributed by atoms with Crippen LogP contribution in [0.2, 0.25) is 0 Å². The molecule has 104 valence electrons. The van der Waals surface area contributed by atoms with Crippen LogP contribution < -0.4 is 5.73 Å². The van der Waals surface area contributed by atoms with E-state index in [9.17, 15) is 4.79 Å². The number of aromatic nitrogens is 2. The fourth-order valence-electron chi connectivity index (χ4n) is 2.01. The molecule has 0 radical (unpaired) electrons. The van der Waals surface area contributed by atoms with Crippen LogP contribution in [0.15, 0.2) is 65.4 Å². The molecule has 4 nitrogen and oxygen atoms in total. The van der Waals surface area contributed by atoms with Gasteiger partial charge in [-0.05, 0) is 46.3 Å². The second-order valence-electron chi connectivity index (χ2n) is 4.57. The summed E-state index contributed by atoms with van der Waals surface area (Å²) in [4.78, 5) is 12.4. The van der Waals surface area contributed by atoms with Crippen molar-refractivity contribution in [2.45, 2.75) is 0 Å². The van der Waals surface area contributed by atoms with E-state index in [1.54, 1.807) is 35.3 Å². The molecule has 2 aromatic carbocycles. The second kappa shape index (κ2) is 5.54. The van der Waals surface area contributed by atoms with Gasteiger partial charge in [0.2, 0.25) is 0 Å². The molecule has 5 heteroatoms. The van der Waals surface area contributed by atoms with Crippen molar-refractivity contribution in [3.05, 3.63) is 76.5 Å². The summed E-state index contributed by atoms with van der Waals surface area (Å²) in [5.41, 5.74) is 8.33. The summed E-state index contributed by atoms with van der Waals surface area (Å²) in [7, 11) is 0. The molecular formula is C16H12BrN3O. The van der Waals surface area contributed by atoms with Gasteiger partial charge in [-0.25, -0.2) is 4.68 Å². The van der Waals surface area contributed by atoms with Gasteiger partial charge in [-0.1, -0.05) is 18.2 Å². The van der Waals surface area contributed by atoms with Gasteiger partial charge < -0.3 is 5.73 Å². The SMILES string of the molecule is Nc1cc(C(=O)c2cnn(-c3ccccc3)c2)ccc1Br. The van der Waals surface area contributed by atoms with Crippen LogP contribution in [0, 0.1) is 0 Å². The number of rotatable bonds is 3. The van der Waals surface area contributed by atoms with Crippen LogP contribution in [-0.4, -0.2) is 15.6 Å². The van der Waals surface area contributed by atoms with Gasteiger partial charge >= 0.3 is 0 Å². The number of carbonyl (C=O) groups is 1. The van der Waals surface area contributed by atoms with Gasteiger partial charge in [0, 0.05) is 21.9 Å². The number of hydrogen-bond acceptors (Lipinski definition) is 3. The standard InChI is InChI=1S/C16H12BrN3O/c17-14-7-6-11(8-15(14)18)16(21)12-9-19-20(10-12)13-4-2-1-3-5-13/h1-10H,18H2. The summed E-state index contributed by atoms with van der Waals surface area (Å²) in [6.07, 6.45) is 3.28. The summed E-state index contributed by atoms with van der Waals surface area (Å²) in [5.74, 6) is -0.101. The van der Waals surface area contributed by atoms with Crippen LogP contribution in [0.4, 0.5) is 5.69 Å². The molecule has 0 saturated heterocycles. The van der Waals surface area contributed by atoms with E-state index >= 15 is 0 Å². The Morgan fingerprint density at radius 2 is 1.86 bits per heavy atom. The number of nitrogen functional groups attached to an aromatic ring is 1. The Morgan fingerprint density at radius 1 is 1.10 bits per heavy atom. The highest BCUT2D eigenvalue weighted by Crippen LogP contribution is 2.22. The summed E-state index contributed by atoms with van der Waals surface area (Å²) in [6, 6.07) is 14.8. The molecule has 0 saturated carbocycles. The van der Waals surface area contributed by atoms with E-state index in [2.05, 4.69) is 21.0 Å². The molecular weight excluding hydrogens is 330 g/mol. The third kappa shape index (κ3) is 2.73. The van der Waals surface area contributed by atoms with Crippen molar-refractivity contribution < 1.29 is 4.79 Å². The maximum Gasteiger partial charge on any atom is 0.196 e. The Hall–Kier alpha value is -2.40. The Bertz CT molecular complexity index is 796. The first-order valence-corrected chi connectivity index (χ1v) is 7.14. The van der Waals surface area contributed by atoms with E-state index in [1.165, 1.54) is 0 Å². The summed E-state index contributed by atoms with van der Waals surface area (Å²) >= 11 is 3.32. The van der Waals surface area contributed by atoms with Gasteiger partial charge in [-0.15, -0.1) is 0 Å². The summed E-state index contributed by atoms with van der Waals surface area (Å²) in [6.45, 7) is 0. The minimum absolute atomic E-state index is 0.101. The predicted molar refractivity (Wildman–Crippen MR) is 85.6 cm³/mol. The average molecular weight is 342 g/mol. The lowest BCUT2D eigenvalue weighted by Crippen LogP contribution is -2.01. The van der Waals surface area contributed by atoms with Crippen LogP contribution in [0.3, 0.4) is 0 Å². The number of ketones is 1. The maximum absolute atomic E-state index is 12.4. The Morgan fingerprint density at radius 3 is 2.57 bits per heavy atom. The molecule has 2 N–H and O–H groups in total. The number of benzene rings is 2. The fraction of sp³-hybridized carbons (Fsp3) is 0. The van der Waals surface area contributed by atoms with E-state index in [0.29, 0.717) is 16.8 Å². The van der Waals surface area contributed by atoms with Gasteiger partial charge in [0.1, 0.15) is 0 Å². The third-order valence-corrected chi connectivity index (χ3v) is 3.85. The molecule has 0 aliphatic carbocycles. The normalized spacial score (nSPS) is 10.5. The number of halogens is 1. The zero-order chi connectivity index (χ0) is 14.8. The first-order chi connectivity index (χ1) is 10.1. The van der Waals surface area contributed by atoms with E-state index in [4.69, 9.17) is 5.73 Å². The molecule has 3 rings (SSSR count). The molecule has 3 aromatic rings. The first-order valence-electron chi connectivity index (χ1n) is 6.35. The van der Waals surface area contributed by atoms with Crippen molar-refractivity contribution in [2.24, 2.45) is 0 Å². The zero-order valence-electron chi connectivity index (χ0n) is 11.0. The molecule has 0 spiro atoms. The van der Waals surface area contributed by atoms with Crippen LogP contribution in [-0.2, 0) is 0 Å². The van der Waals surface area contributed by atoms with E-state index in [1.807, 2.05) is 30.3 Å². The zero-order valence-corrected chi connectivity index (χ0v) is 12.6. The third-order valence-electron chi connectivity index (χ3n) is 3.12. The molecule has 1 aromatic heterocycles. The van der Waals surface area contributed by atoms with Crippen molar-refractivity contribution in [3.63, 3.8) is 0 Å². The largest absolute Gasteiger partial charge is 0.398 e. The van der Waals surface area contributed by atoms with Crippen LogP contribution in [0.25, 0.3) is 5.69 Å². The van der Waals surface area contributed by atoms with Crippen molar-refractivity contribution in [3.8, 4) is 5.69 Å². The molecule has 0 aliphatic heterocycles. The average Bonchev–Trinajstić information content (AvgIpc) is 3.00. The fourth-order valence-corrected chi connectivity index (χ4v) is 2.26. The molecule has 0 amide bonds. The molecule has 0 unspecified atom stereocenters. The number of para-hydroxylation sites is 1. The topological polar surface area (TPSA) is 60.9 Å². The van der Waals surface area contributed by atoms with Gasteiger partial charge in [0.05, 0.1) is 17.4 Å². The Kier molecular flexibility index (Phi) is 3.58. The monoisotopic (exact) mass is 341 g/mol. The number of nitrogens with two attached hydrogens (primary N) is 1. The van der Waals surface area contributed by atoms with E-state index < -0.39 is 0 Å². The van der Waals surface area contributed by atoms with Gasteiger partial charge in [0.15, 0.2) is 5.78 Å². The lowest BCUT2D eigenvalue weighted by atomic mass is 10.1. The van der Waals surface area contributed by atoms with Crippen LogP contribution in [0.5, 0.6) is 0 Å². The highest BCUT2D eigenvalue weighted by atomic mass is 79.9. The minimum Gasteiger partial charge on any atom is -0.398 e. The van der Waals surface area contributed by atoms with Gasteiger partial charge in [-0.3, -0.25) is 4.79 Å². The van der Waals surface area contributed by atoms with Crippen molar-refractivity contribution in [2.75, 3.05) is 5.73 Å². The maximum atomic E-state index is 12.4. The summed E-state index contributed by atoms with van der Waals surface area (Å²) < 4.78 is 2.45. The van der Waals surface area contributed by atoms with Crippen molar-refractivity contribution >= 4 is 27.4 Å². The minimum atomic E-state index is -0.101. The molecule has 0 aliphatic rings. The van der Waals surface area contributed by atoms with Gasteiger partial charge in [-0.2, -0.15) is 5.10 Å². The van der Waals surface area contributed by atoms with E-state index in [0.717, 1.165) is 10.2 Å². The van der Waals surface area contributed by atoms with Crippen LogP contribution in [0.1, 0.15) is 15.9 Å².